The lowest BCUT2D eigenvalue weighted by atomic mass is 9.93. The van der Waals surface area contributed by atoms with Gasteiger partial charge in [0.25, 0.3) is 5.91 Å². The Labute approximate surface area is 168 Å². The van der Waals surface area contributed by atoms with Crippen LogP contribution in [0.3, 0.4) is 0 Å². The Hall–Kier alpha value is -2.43. The topological polar surface area (TPSA) is 85.7 Å². The maximum Gasteiger partial charge on any atom is 0.254 e. The van der Waals surface area contributed by atoms with Crippen molar-refractivity contribution in [1.82, 2.24) is 9.80 Å². The molecule has 0 aromatic heterocycles. The number of carbonyl (C=O) groups excluding carboxylic acids is 1. The van der Waals surface area contributed by atoms with Gasteiger partial charge in [0.1, 0.15) is 16.8 Å². The summed E-state index contributed by atoms with van der Waals surface area (Å²) in [6.07, 6.45) is 0. The number of amides is 1. The highest BCUT2D eigenvalue weighted by molar-refractivity contribution is 8.17. The smallest absolute Gasteiger partial charge is 0.254 e. The van der Waals surface area contributed by atoms with Gasteiger partial charge in [-0.25, -0.2) is 4.99 Å². The zero-order chi connectivity index (χ0) is 19.7. The molecule has 0 aliphatic carbocycles. The number of halogens is 1. The van der Waals surface area contributed by atoms with E-state index in [1.165, 1.54) is 11.8 Å². The maximum absolute atomic E-state index is 13.3. The fourth-order valence-corrected chi connectivity index (χ4v) is 4.30. The summed E-state index contributed by atoms with van der Waals surface area (Å²) < 4.78 is 0. The van der Waals surface area contributed by atoms with Gasteiger partial charge in [0.2, 0.25) is 0 Å². The molecule has 0 saturated heterocycles. The van der Waals surface area contributed by atoms with Gasteiger partial charge in [-0.05, 0) is 50.2 Å². The fourth-order valence-electron chi connectivity index (χ4n) is 3.26. The Morgan fingerprint density at radius 2 is 2.00 bits per heavy atom. The van der Waals surface area contributed by atoms with Gasteiger partial charge in [0, 0.05) is 18.1 Å². The third-order valence-corrected chi connectivity index (χ3v) is 5.87. The Bertz CT molecular complexity index is 909. The summed E-state index contributed by atoms with van der Waals surface area (Å²) in [4.78, 5) is 21.8. The molecule has 1 aromatic carbocycles. The van der Waals surface area contributed by atoms with Gasteiger partial charge >= 0.3 is 0 Å². The molecule has 8 heteroatoms. The summed E-state index contributed by atoms with van der Waals surface area (Å²) in [6.45, 7) is 6.91. The number of hydrogen-bond acceptors (Lipinski definition) is 6. The van der Waals surface area contributed by atoms with Crippen LogP contribution in [0.1, 0.15) is 32.4 Å². The number of carbonyl (C=O) groups is 1. The molecule has 0 bridgehead atoms. The number of nitriles is 1. The number of hydrogen-bond donors (Lipinski definition) is 1. The number of nitrogens with zero attached hydrogens (tertiary/aromatic N) is 4. The van der Waals surface area contributed by atoms with Crippen LogP contribution in [-0.4, -0.2) is 34.0 Å². The minimum Gasteiger partial charge on any atom is -0.383 e. The number of amidine groups is 1. The molecule has 0 radical (unpaired) electrons. The number of thioether (sulfide) groups is 1. The lowest BCUT2D eigenvalue weighted by Gasteiger charge is -2.36. The van der Waals surface area contributed by atoms with Crippen LogP contribution in [0.2, 0.25) is 5.02 Å². The molecule has 6 nitrogen and oxygen atoms in total. The Balaban J connectivity index is 2.19. The standard InChI is InChI=1S/C19H20ClN5OS/c1-4-24(5-2)18(26)15-11(3)23-19-25(17(22)14(10-21)27-19)16(15)12-6-8-13(20)9-7-12/h6-9,16H,4-5,22H2,1-3H3/t16-/m0/s1. The molecule has 3 rings (SSSR count). The zero-order valence-corrected chi connectivity index (χ0v) is 16.9. The molecule has 140 valence electrons. The summed E-state index contributed by atoms with van der Waals surface area (Å²) in [5.74, 6) is 0.238. The van der Waals surface area contributed by atoms with Gasteiger partial charge < -0.3 is 10.6 Å². The van der Waals surface area contributed by atoms with Gasteiger partial charge in [-0.15, -0.1) is 0 Å². The van der Waals surface area contributed by atoms with E-state index in [0.717, 1.165) is 5.56 Å². The summed E-state index contributed by atoms with van der Waals surface area (Å²) in [5.41, 5.74) is 8.32. The van der Waals surface area contributed by atoms with Gasteiger partial charge in [-0.2, -0.15) is 5.26 Å². The number of fused-ring (bicyclic) bond motifs is 1. The third-order valence-electron chi connectivity index (χ3n) is 4.64. The molecule has 0 spiro atoms. The second-order valence-corrected chi connectivity index (χ2v) is 7.54. The van der Waals surface area contributed by atoms with E-state index in [1.807, 2.05) is 32.9 Å². The van der Waals surface area contributed by atoms with Crippen molar-refractivity contribution in [2.75, 3.05) is 13.1 Å². The van der Waals surface area contributed by atoms with Crippen molar-refractivity contribution >= 4 is 34.4 Å². The highest BCUT2D eigenvalue weighted by atomic mass is 35.5. The third kappa shape index (κ3) is 3.31. The lowest BCUT2D eigenvalue weighted by Crippen LogP contribution is -2.42. The van der Waals surface area contributed by atoms with Gasteiger partial charge in [0.15, 0.2) is 5.17 Å². The van der Waals surface area contributed by atoms with Crippen LogP contribution in [0.4, 0.5) is 0 Å². The van der Waals surface area contributed by atoms with Crippen molar-refractivity contribution in [3.05, 3.63) is 56.8 Å². The lowest BCUT2D eigenvalue weighted by molar-refractivity contribution is -0.127. The number of likely N-dealkylation sites (N-methyl/N-ethyl adjacent to an activating group) is 1. The maximum atomic E-state index is 13.3. The largest absolute Gasteiger partial charge is 0.383 e. The molecular formula is C19H20ClN5OS. The van der Waals surface area contributed by atoms with E-state index >= 15 is 0 Å². The van der Waals surface area contributed by atoms with Crippen molar-refractivity contribution in [2.45, 2.75) is 26.8 Å². The highest BCUT2D eigenvalue weighted by Gasteiger charge is 2.42. The normalized spacial score (nSPS) is 19.0. The van der Waals surface area contributed by atoms with Crippen molar-refractivity contribution in [3.63, 3.8) is 0 Å². The van der Waals surface area contributed by atoms with E-state index < -0.39 is 6.04 Å². The quantitative estimate of drug-likeness (QED) is 0.833. The number of nitrogens with two attached hydrogens (primary N) is 1. The van der Waals surface area contributed by atoms with E-state index in [0.29, 0.717) is 45.3 Å². The summed E-state index contributed by atoms with van der Waals surface area (Å²) in [6, 6.07) is 8.98. The molecule has 2 aliphatic heterocycles. The van der Waals surface area contributed by atoms with Crippen LogP contribution in [0.25, 0.3) is 0 Å². The molecule has 1 aromatic rings. The molecule has 1 amide bonds. The van der Waals surface area contributed by atoms with E-state index in [9.17, 15) is 10.1 Å². The monoisotopic (exact) mass is 401 g/mol. The minimum atomic E-state index is -0.457. The Morgan fingerprint density at radius 1 is 1.37 bits per heavy atom. The van der Waals surface area contributed by atoms with E-state index in [2.05, 4.69) is 11.1 Å². The summed E-state index contributed by atoms with van der Waals surface area (Å²) in [5, 5.41) is 10.6. The first kappa shape index (κ1) is 19.3. The minimum absolute atomic E-state index is 0.0801. The van der Waals surface area contributed by atoms with Crippen LogP contribution in [-0.2, 0) is 4.79 Å². The molecular weight excluding hydrogens is 382 g/mol. The average Bonchev–Trinajstić information content (AvgIpc) is 2.97. The van der Waals surface area contributed by atoms with E-state index in [1.54, 1.807) is 21.9 Å². The molecule has 27 heavy (non-hydrogen) atoms. The van der Waals surface area contributed by atoms with Crippen LogP contribution >= 0.6 is 23.4 Å². The zero-order valence-electron chi connectivity index (χ0n) is 15.4. The molecule has 2 aliphatic rings. The predicted molar refractivity (Wildman–Crippen MR) is 109 cm³/mol. The van der Waals surface area contributed by atoms with Crippen molar-refractivity contribution in [2.24, 2.45) is 10.7 Å². The van der Waals surface area contributed by atoms with Crippen LogP contribution in [0.5, 0.6) is 0 Å². The van der Waals surface area contributed by atoms with Gasteiger partial charge in [-0.1, -0.05) is 23.7 Å². The van der Waals surface area contributed by atoms with E-state index in [-0.39, 0.29) is 5.91 Å². The predicted octanol–water partition coefficient (Wildman–Crippen LogP) is 3.59. The number of allylic oxidation sites excluding steroid dienone is 2. The molecule has 0 fully saturated rings. The van der Waals surface area contributed by atoms with Crippen molar-refractivity contribution < 1.29 is 4.79 Å². The molecule has 0 unspecified atom stereocenters. The molecule has 1 atom stereocenters. The van der Waals surface area contributed by atoms with Gasteiger partial charge in [0.05, 0.1) is 17.3 Å². The second-order valence-electron chi connectivity index (χ2n) is 6.12. The van der Waals surface area contributed by atoms with Crippen LogP contribution in [0.15, 0.2) is 51.3 Å². The SMILES string of the molecule is CCN(CC)C(=O)C1=C(C)N=C2SC(C#N)=C(N)N2[C@H]1c1ccc(Cl)cc1. The summed E-state index contributed by atoms with van der Waals surface area (Å²) >= 11 is 7.28. The summed E-state index contributed by atoms with van der Waals surface area (Å²) in [7, 11) is 0. The second kappa shape index (κ2) is 7.67. The van der Waals surface area contributed by atoms with Gasteiger partial charge in [-0.3, -0.25) is 9.69 Å². The number of aliphatic imine (C=N–C) groups is 1. The number of rotatable bonds is 4. The van der Waals surface area contributed by atoms with Crippen molar-refractivity contribution in [3.8, 4) is 6.07 Å². The Kier molecular flexibility index (Phi) is 5.49. The molecule has 2 N–H and O–H groups in total. The van der Waals surface area contributed by atoms with E-state index in [4.69, 9.17) is 17.3 Å². The van der Waals surface area contributed by atoms with Crippen molar-refractivity contribution in [1.29, 1.82) is 5.26 Å². The number of benzene rings is 1. The van der Waals surface area contributed by atoms with Crippen LogP contribution in [0, 0.1) is 11.3 Å². The first-order chi connectivity index (χ1) is 12.9. The van der Waals surface area contributed by atoms with Crippen LogP contribution < -0.4 is 5.73 Å². The Morgan fingerprint density at radius 3 is 2.56 bits per heavy atom. The fraction of sp³-hybridized carbons (Fsp3) is 0.316. The highest BCUT2D eigenvalue weighted by Crippen LogP contribution is 2.45. The first-order valence-electron chi connectivity index (χ1n) is 8.64. The molecule has 0 saturated carbocycles. The molecule has 2 heterocycles. The first-order valence-corrected chi connectivity index (χ1v) is 9.83. The average molecular weight is 402 g/mol.